The molecule has 0 saturated heterocycles. The van der Waals surface area contributed by atoms with Crippen LogP contribution in [-0.4, -0.2) is 37.9 Å². The molecule has 3 rings (SSSR count). The molecule has 0 unspecified atom stereocenters. The number of ether oxygens (including phenoxy) is 3. The summed E-state index contributed by atoms with van der Waals surface area (Å²) >= 11 is 0. The second-order valence-electron chi connectivity index (χ2n) is 6.95. The largest absolute Gasteiger partial charge is 0.497 e. The van der Waals surface area contributed by atoms with Crippen molar-refractivity contribution in [1.29, 1.82) is 0 Å². The van der Waals surface area contributed by atoms with Gasteiger partial charge in [0.05, 0.1) is 19.6 Å². The van der Waals surface area contributed by atoms with Crippen molar-refractivity contribution in [3.8, 4) is 23.3 Å². The molecule has 1 amide bonds. The zero-order valence-corrected chi connectivity index (χ0v) is 16.8. The number of methoxy groups -OCH3 is 2. The summed E-state index contributed by atoms with van der Waals surface area (Å²) in [5, 5.41) is 8.77. The Morgan fingerprint density at radius 2 is 1.93 bits per heavy atom. The smallest absolute Gasteiger partial charge is 0.316 e. The number of carbonyl (C=O) groups excluding carboxylic acids is 2. The quantitative estimate of drug-likeness (QED) is 0.316. The molecule has 0 aromatic heterocycles. The fourth-order valence-corrected chi connectivity index (χ4v) is 3.57. The zero-order chi connectivity index (χ0) is 21.6. The number of rotatable bonds is 7. The van der Waals surface area contributed by atoms with Crippen LogP contribution >= 0.6 is 0 Å². The Morgan fingerprint density at radius 1 is 1.17 bits per heavy atom. The van der Waals surface area contributed by atoms with Gasteiger partial charge in [-0.25, -0.2) is 5.48 Å². The summed E-state index contributed by atoms with van der Waals surface area (Å²) < 4.78 is 15.9. The summed E-state index contributed by atoms with van der Waals surface area (Å²) in [4.78, 5) is 24.0. The van der Waals surface area contributed by atoms with Crippen LogP contribution in [0.15, 0.2) is 48.5 Å². The first-order valence-corrected chi connectivity index (χ1v) is 9.41. The molecular formula is C23H23NO6. The van der Waals surface area contributed by atoms with Crippen LogP contribution in [0.5, 0.6) is 11.5 Å². The van der Waals surface area contributed by atoms with Crippen LogP contribution in [-0.2, 0) is 19.7 Å². The molecule has 30 heavy (non-hydrogen) atoms. The molecule has 1 aliphatic carbocycles. The number of carbonyl (C=O) groups is 2. The number of hydrogen-bond donors (Lipinski definition) is 2. The maximum Gasteiger partial charge on any atom is 0.316 e. The van der Waals surface area contributed by atoms with Gasteiger partial charge in [0, 0.05) is 12.0 Å². The van der Waals surface area contributed by atoms with E-state index in [4.69, 9.17) is 19.4 Å². The monoisotopic (exact) mass is 409 g/mol. The van der Waals surface area contributed by atoms with Crippen molar-refractivity contribution in [2.24, 2.45) is 5.92 Å². The molecule has 1 saturated carbocycles. The minimum absolute atomic E-state index is 0.0305. The Labute approximate surface area is 174 Å². The Morgan fingerprint density at radius 3 is 2.67 bits per heavy atom. The standard InChI is InChI=1S/C23H23NO6/c1-28-19-9-3-6-16(12-19)7-5-11-30-20-10-4-8-17(13-20)23(22(26)29-2)15-18(23)14-21(25)24-27/h3-4,6,8-10,12-13,18,27H,11,14-15H2,1-2H3,(H,24,25)/t18-,23+/m1/s1. The van der Waals surface area contributed by atoms with Crippen molar-refractivity contribution in [2.75, 3.05) is 20.8 Å². The van der Waals surface area contributed by atoms with Crippen LogP contribution in [0.3, 0.4) is 0 Å². The van der Waals surface area contributed by atoms with Crippen molar-refractivity contribution in [2.45, 2.75) is 18.3 Å². The second-order valence-corrected chi connectivity index (χ2v) is 6.95. The first kappa shape index (κ1) is 21.2. The van der Waals surface area contributed by atoms with Crippen molar-refractivity contribution in [3.05, 3.63) is 59.7 Å². The first-order valence-electron chi connectivity index (χ1n) is 9.41. The van der Waals surface area contributed by atoms with Crippen molar-refractivity contribution >= 4 is 11.9 Å². The van der Waals surface area contributed by atoms with Gasteiger partial charge in [0.1, 0.15) is 18.1 Å². The lowest BCUT2D eigenvalue weighted by molar-refractivity contribution is -0.144. The number of benzene rings is 2. The van der Waals surface area contributed by atoms with E-state index in [0.29, 0.717) is 17.7 Å². The summed E-state index contributed by atoms with van der Waals surface area (Å²) in [7, 11) is 2.92. The van der Waals surface area contributed by atoms with Crippen LogP contribution in [0.4, 0.5) is 0 Å². The molecule has 2 aromatic rings. The number of hydroxylamine groups is 1. The van der Waals surface area contributed by atoms with Gasteiger partial charge in [0.2, 0.25) is 5.91 Å². The lowest BCUT2D eigenvalue weighted by Gasteiger charge is -2.16. The van der Waals surface area contributed by atoms with Crippen LogP contribution in [0.2, 0.25) is 0 Å². The fraction of sp³-hybridized carbons (Fsp3) is 0.304. The molecule has 2 N–H and O–H groups in total. The van der Waals surface area contributed by atoms with E-state index in [1.807, 2.05) is 30.3 Å². The van der Waals surface area contributed by atoms with Gasteiger partial charge in [-0.05, 0) is 48.2 Å². The van der Waals surface area contributed by atoms with Crippen molar-refractivity contribution in [3.63, 3.8) is 0 Å². The SMILES string of the molecule is COC(=O)[C@]1(c2cccc(OCC#Cc3cccc(OC)c3)c2)C[C@H]1CC(=O)NO. The predicted octanol–water partition coefficient (Wildman–Crippen LogP) is 2.45. The minimum Gasteiger partial charge on any atom is -0.497 e. The van der Waals surface area contributed by atoms with Gasteiger partial charge < -0.3 is 14.2 Å². The highest BCUT2D eigenvalue weighted by Gasteiger charge is 2.62. The lowest BCUT2D eigenvalue weighted by Crippen LogP contribution is -2.27. The van der Waals surface area contributed by atoms with Crippen LogP contribution in [0, 0.1) is 17.8 Å². The van der Waals surface area contributed by atoms with Gasteiger partial charge >= 0.3 is 5.97 Å². The third-order valence-electron chi connectivity index (χ3n) is 5.17. The van der Waals surface area contributed by atoms with E-state index in [1.54, 1.807) is 30.8 Å². The summed E-state index contributed by atoms with van der Waals surface area (Å²) in [6.07, 6.45) is 0.495. The van der Waals surface area contributed by atoms with Gasteiger partial charge in [-0.2, -0.15) is 0 Å². The molecule has 1 aliphatic rings. The maximum absolute atomic E-state index is 12.5. The van der Waals surface area contributed by atoms with Gasteiger partial charge in [-0.3, -0.25) is 14.8 Å². The molecular weight excluding hydrogens is 386 g/mol. The van der Waals surface area contributed by atoms with Crippen LogP contribution in [0.25, 0.3) is 0 Å². The molecule has 2 aromatic carbocycles. The first-order chi connectivity index (χ1) is 14.5. The normalized spacial score (nSPS) is 19.1. The van der Waals surface area contributed by atoms with E-state index in [0.717, 1.165) is 11.3 Å². The average molecular weight is 409 g/mol. The number of amides is 1. The number of esters is 1. The Hall–Kier alpha value is -3.50. The Balaban J connectivity index is 1.70. The third kappa shape index (κ3) is 4.56. The maximum atomic E-state index is 12.5. The summed E-state index contributed by atoms with van der Waals surface area (Å²) in [6, 6.07) is 14.6. The topological polar surface area (TPSA) is 94.1 Å². The summed E-state index contributed by atoms with van der Waals surface area (Å²) in [5.41, 5.74) is 2.23. The van der Waals surface area contributed by atoms with E-state index in [9.17, 15) is 9.59 Å². The number of hydrogen-bond acceptors (Lipinski definition) is 6. The van der Waals surface area contributed by atoms with Gasteiger partial charge in [0.15, 0.2) is 0 Å². The molecule has 0 spiro atoms. The van der Waals surface area contributed by atoms with E-state index in [2.05, 4.69) is 11.8 Å². The lowest BCUT2D eigenvalue weighted by atomic mass is 9.92. The minimum atomic E-state index is -0.910. The zero-order valence-electron chi connectivity index (χ0n) is 16.8. The molecule has 0 bridgehead atoms. The van der Waals surface area contributed by atoms with Gasteiger partial charge in [-0.1, -0.05) is 30.0 Å². The molecule has 156 valence electrons. The summed E-state index contributed by atoms with van der Waals surface area (Å²) in [6.45, 7) is 0.169. The molecule has 7 heteroatoms. The van der Waals surface area contributed by atoms with Crippen LogP contribution < -0.4 is 15.0 Å². The molecule has 0 radical (unpaired) electrons. The van der Waals surface area contributed by atoms with Gasteiger partial charge in [-0.15, -0.1) is 0 Å². The number of nitrogens with one attached hydrogen (secondary N) is 1. The molecule has 7 nitrogen and oxygen atoms in total. The van der Waals surface area contributed by atoms with Gasteiger partial charge in [0.25, 0.3) is 0 Å². The molecule has 1 fully saturated rings. The highest BCUT2D eigenvalue weighted by Crippen LogP contribution is 2.57. The van der Waals surface area contributed by atoms with Crippen molar-refractivity contribution < 1.29 is 29.0 Å². The van der Waals surface area contributed by atoms with Crippen molar-refractivity contribution in [1.82, 2.24) is 5.48 Å². The molecule has 2 atom stereocenters. The fourth-order valence-electron chi connectivity index (χ4n) is 3.57. The molecule has 0 aliphatic heterocycles. The Kier molecular flexibility index (Phi) is 6.60. The molecule has 0 heterocycles. The van der Waals surface area contributed by atoms with E-state index < -0.39 is 17.3 Å². The highest BCUT2D eigenvalue weighted by atomic mass is 16.5. The van der Waals surface area contributed by atoms with E-state index >= 15 is 0 Å². The average Bonchev–Trinajstić information content (AvgIpc) is 3.51. The van der Waals surface area contributed by atoms with Crippen LogP contribution in [0.1, 0.15) is 24.0 Å². The van der Waals surface area contributed by atoms with E-state index in [-0.39, 0.29) is 18.9 Å². The van der Waals surface area contributed by atoms with E-state index in [1.165, 1.54) is 7.11 Å². The predicted molar refractivity (Wildman–Crippen MR) is 108 cm³/mol. The third-order valence-corrected chi connectivity index (χ3v) is 5.17. The highest BCUT2D eigenvalue weighted by molar-refractivity contribution is 5.89. The second kappa shape index (κ2) is 9.33. The summed E-state index contributed by atoms with van der Waals surface area (Å²) in [5.74, 6) is 6.07. The Bertz CT molecular complexity index is 992.